The lowest BCUT2D eigenvalue weighted by atomic mass is 9.44. The Labute approximate surface area is 183 Å². The van der Waals surface area contributed by atoms with Gasteiger partial charge in [0.15, 0.2) is 0 Å². The molecule has 5 nitrogen and oxygen atoms in total. The Hall–Kier alpha value is -1.62. The maximum absolute atomic E-state index is 11.5. The van der Waals surface area contributed by atoms with Crippen molar-refractivity contribution in [3.63, 3.8) is 0 Å². The summed E-state index contributed by atoms with van der Waals surface area (Å²) in [5, 5.41) is 0. The molecule has 0 radical (unpaired) electrons. The van der Waals surface area contributed by atoms with E-state index in [1.165, 1.54) is 32.6 Å². The van der Waals surface area contributed by atoms with E-state index in [1.807, 2.05) is 6.07 Å². The van der Waals surface area contributed by atoms with Crippen LogP contribution < -0.4 is 5.63 Å². The first kappa shape index (κ1) is 20.0. The van der Waals surface area contributed by atoms with E-state index in [9.17, 15) is 9.59 Å². The normalized spacial score (nSPS) is 49.9. The van der Waals surface area contributed by atoms with Crippen LogP contribution in [-0.4, -0.2) is 23.8 Å². The number of epoxide rings is 1. The Bertz CT molecular complexity index is 948. The standard InChI is InChI=1S/C26H34O5/c1-15(27)30-18-8-10-24(2)17(12-18)5-6-20-19(24)9-11-25(3)21(13-22-26(20,25)31-22)16-4-7-23(28)29-14-16/h4,7,14,17-22H,5-6,8-13H2,1-3H3/t17-,18-,19-,20+,21+,22-,24-,25+,26-/m0/s1. The molecule has 4 saturated carbocycles. The van der Waals surface area contributed by atoms with Crippen molar-refractivity contribution in [2.24, 2.45) is 28.6 Å². The summed E-state index contributed by atoms with van der Waals surface area (Å²) < 4.78 is 17.5. The average Bonchev–Trinajstić information content (AvgIpc) is 3.39. The third-order valence-electron chi connectivity index (χ3n) is 10.5. The van der Waals surface area contributed by atoms with Gasteiger partial charge in [-0.05, 0) is 92.1 Å². The lowest BCUT2D eigenvalue weighted by Gasteiger charge is -2.61. The molecule has 1 aliphatic heterocycles. The molecule has 4 aliphatic carbocycles. The minimum atomic E-state index is -0.276. The highest BCUT2D eigenvalue weighted by Gasteiger charge is 2.80. The summed E-state index contributed by atoms with van der Waals surface area (Å²) >= 11 is 0. The quantitative estimate of drug-likeness (QED) is 0.500. The first-order chi connectivity index (χ1) is 14.8. The van der Waals surface area contributed by atoms with E-state index in [1.54, 1.807) is 12.3 Å². The van der Waals surface area contributed by atoms with Gasteiger partial charge in [0.2, 0.25) is 0 Å². The largest absolute Gasteiger partial charge is 0.463 e. The molecule has 5 aliphatic rings. The molecule has 2 heterocycles. The first-order valence-electron chi connectivity index (χ1n) is 12.2. The van der Waals surface area contributed by atoms with Gasteiger partial charge in [-0.1, -0.05) is 13.8 Å². The molecule has 1 saturated heterocycles. The molecule has 5 fully saturated rings. The number of carbonyl (C=O) groups excluding carboxylic acids is 1. The second-order valence-electron chi connectivity index (χ2n) is 11.5. The van der Waals surface area contributed by atoms with Crippen LogP contribution in [-0.2, 0) is 14.3 Å². The SMILES string of the molecule is CC(=O)O[C@H]1CC[C@@]2(C)[C@@H](CC[C@@H]3[C@@H]2CC[C@]2(C)[C@@H](c4ccc(=O)oc4)C[C@@H]4O[C@]432)C1. The fourth-order valence-electron chi connectivity index (χ4n) is 9.06. The third kappa shape index (κ3) is 2.59. The summed E-state index contributed by atoms with van der Waals surface area (Å²) in [7, 11) is 0. The van der Waals surface area contributed by atoms with E-state index in [4.69, 9.17) is 13.9 Å². The third-order valence-corrected chi connectivity index (χ3v) is 10.5. The first-order valence-corrected chi connectivity index (χ1v) is 12.2. The second kappa shape index (κ2) is 6.46. The molecule has 6 rings (SSSR count). The molecular formula is C26H34O5. The molecule has 168 valence electrons. The highest BCUT2D eigenvalue weighted by molar-refractivity contribution is 5.66. The van der Waals surface area contributed by atoms with Crippen LogP contribution in [0, 0.1) is 28.6 Å². The van der Waals surface area contributed by atoms with Crippen LogP contribution in [0.3, 0.4) is 0 Å². The number of hydrogen-bond acceptors (Lipinski definition) is 5. The van der Waals surface area contributed by atoms with Gasteiger partial charge in [0, 0.05) is 18.4 Å². The minimum Gasteiger partial charge on any atom is -0.463 e. The Balaban J connectivity index is 1.28. The summed E-state index contributed by atoms with van der Waals surface area (Å²) in [4.78, 5) is 23.0. The molecule has 5 heteroatoms. The van der Waals surface area contributed by atoms with E-state index < -0.39 is 0 Å². The van der Waals surface area contributed by atoms with Gasteiger partial charge in [0.25, 0.3) is 0 Å². The zero-order chi connectivity index (χ0) is 21.6. The zero-order valence-corrected chi connectivity index (χ0v) is 18.9. The van der Waals surface area contributed by atoms with Crippen LogP contribution in [0.25, 0.3) is 0 Å². The Morgan fingerprint density at radius 1 is 1.06 bits per heavy atom. The average molecular weight is 427 g/mol. The van der Waals surface area contributed by atoms with E-state index in [0.717, 1.165) is 31.2 Å². The lowest BCUT2D eigenvalue weighted by molar-refractivity contribution is -0.162. The monoisotopic (exact) mass is 426 g/mol. The number of rotatable bonds is 2. The van der Waals surface area contributed by atoms with E-state index in [0.29, 0.717) is 35.2 Å². The van der Waals surface area contributed by atoms with Crippen LogP contribution in [0.4, 0.5) is 0 Å². The number of hydrogen-bond donors (Lipinski definition) is 0. The maximum atomic E-state index is 11.5. The van der Waals surface area contributed by atoms with Gasteiger partial charge in [0.1, 0.15) is 11.7 Å². The molecule has 0 aromatic carbocycles. The van der Waals surface area contributed by atoms with Gasteiger partial charge in [-0.15, -0.1) is 0 Å². The number of carbonyl (C=O) groups is 1. The van der Waals surface area contributed by atoms with E-state index >= 15 is 0 Å². The van der Waals surface area contributed by atoms with Gasteiger partial charge >= 0.3 is 11.6 Å². The Kier molecular flexibility index (Phi) is 4.17. The molecule has 0 bridgehead atoms. The summed E-state index contributed by atoms with van der Waals surface area (Å²) in [6.45, 7) is 6.50. The Morgan fingerprint density at radius 3 is 2.65 bits per heavy atom. The lowest BCUT2D eigenvalue weighted by Crippen LogP contribution is -2.58. The fourth-order valence-corrected chi connectivity index (χ4v) is 9.06. The zero-order valence-electron chi connectivity index (χ0n) is 18.9. The topological polar surface area (TPSA) is 69.0 Å². The molecule has 0 N–H and O–H groups in total. The van der Waals surface area contributed by atoms with Crippen molar-refractivity contribution in [2.45, 2.75) is 95.9 Å². The number of esters is 1. The van der Waals surface area contributed by atoms with Crippen LogP contribution >= 0.6 is 0 Å². The van der Waals surface area contributed by atoms with Crippen LogP contribution in [0.1, 0.15) is 83.6 Å². The predicted molar refractivity (Wildman–Crippen MR) is 114 cm³/mol. The van der Waals surface area contributed by atoms with Crippen LogP contribution in [0.15, 0.2) is 27.6 Å². The molecular weight excluding hydrogens is 392 g/mol. The fraction of sp³-hybridized carbons (Fsp3) is 0.769. The minimum absolute atomic E-state index is 0.00255. The maximum Gasteiger partial charge on any atom is 0.335 e. The van der Waals surface area contributed by atoms with Gasteiger partial charge in [-0.2, -0.15) is 0 Å². The van der Waals surface area contributed by atoms with Crippen LogP contribution in [0.5, 0.6) is 0 Å². The van der Waals surface area contributed by atoms with Gasteiger partial charge in [-0.3, -0.25) is 4.79 Å². The van der Waals surface area contributed by atoms with Crippen molar-refractivity contribution in [3.05, 3.63) is 34.4 Å². The smallest absolute Gasteiger partial charge is 0.335 e. The van der Waals surface area contributed by atoms with E-state index in [2.05, 4.69) is 13.8 Å². The van der Waals surface area contributed by atoms with Crippen molar-refractivity contribution in [1.82, 2.24) is 0 Å². The molecule has 1 aromatic rings. The van der Waals surface area contributed by atoms with Gasteiger partial charge in [-0.25, -0.2) is 4.79 Å². The highest BCUT2D eigenvalue weighted by Crippen LogP contribution is 2.77. The molecule has 0 unspecified atom stereocenters. The van der Waals surface area contributed by atoms with Crippen molar-refractivity contribution in [2.75, 3.05) is 0 Å². The van der Waals surface area contributed by atoms with Crippen molar-refractivity contribution < 1.29 is 18.7 Å². The van der Waals surface area contributed by atoms with Gasteiger partial charge in [0.05, 0.1) is 12.4 Å². The molecule has 31 heavy (non-hydrogen) atoms. The number of ether oxygens (including phenoxy) is 2. The summed E-state index contributed by atoms with van der Waals surface area (Å²) in [6.07, 6.45) is 11.2. The van der Waals surface area contributed by atoms with Gasteiger partial charge < -0.3 is 13.9 Å². The second-order valence-corrected chi connectivity index (χ2v) is 11.5. The van der Waals surface area contributed by atoms with E-state index in [-0.39, 0.29) is 28.7 Å². The molecule has 9 atom stereocenters. The number of fused-ring (bicyclic) bond motifs is 3. The summed E-state index contributed by atoms with van der Waals surface area (Å²) in [5.74, 6) is 2.21. The molecule has 0 amide bonds. The van der Waals surface area contributed by atoms with Crippen molar-refractivity contribution in [1.29, 1.82) is 0 Å². The van der Waals surface area contributed by atoms with Crippen molar-refractivity contribution in [3.8, 4) is 0 Å². The molecule has 1 spiro atoms. The highest BCUT2D eigenvalue weighted by atomic mass is 16.6. The predicted octanol–water partition coefficient (Wildman–Crippen LogP) is 4.83. The summed E-state index contributed by atoms with van der Waals surface area (Å²) in [5.41, 5.74) is 1.32. The van der Waals surface area contributed by atoms with Crippen LogP contribution in [0.2, 0.25) is 0 Å². The molecule has 1 aromatic heterocycles. The van der Waals surface area contributed by atoms with Crippen molar-refractivity contribution >= 4 is 5.97 Å². The summed E-state index contributed by atoms with van der Waals surface area (Å²) in [6, 6.07) is 3.54. The Morgan fingerprint density at radius 2 is 1.90 bits per heavy atom.